The number of allylic oxidation sites excluding steroid dienone is 16. The first kappa shape index (κ1) is 34.6. The Kier molecular flexibility index (Phi) is 11.1. The molecule has 2 N–H and O–H groups in total. The lowest BCUT2D eigenvalue weighted by molar-refractivity contribution is 0.0515. The van der Waals surface area contributed by atoms with Gasteiger partial charge >= 0.3 is 0 Å². The molecule has 4 atom stereocenters. The van der Waals surface area contributed by atoms with Crippen molar-refractivity contribution in [2.45, 2.75) is 118 Å². The number of ether oxygens (including phenoxy) is 1. The van der Waals surface area contributed by atoms with Crippen molar-refractivity contribution in [3.63, 3.8) is 0 Å². The van der Waals surface area contributed by atoms with Gasteiger partial charge in [-0.15, -0.1) is 0 Å². The molecule has 3 nitrogen and oxygen atoms in total. The normalized spacial score (nSPS) is 31.7. The Labute approximate surface area is 261 Å². The molecule has 1 heterocycles. The molecule has 3 rings (SSSR count). The molecule has 0 radical (unpaired) electrons. The molecular weight excluding hydrogens is 528 g/mol. The van der Waals surface area contributed by atoms with Gasteiger partial charge in [-0.05, 0) is 72.5 Å². The van der Waals surface area contributed by atoms with Crippen molar-refractivity contribution >= 4 is 0 Å². The summed E-state index contributed by atoms with van der Waals surface area (Å²) >= 11 is 0. The second kappa shape index (κ2) is 13.8. The van der Waals surface area contributed by atoms with Crippen LogP contribution in [0.15, 0.2) is 106 Å². The van der Waals surface area contributed by atoms with E-state index in [1.807, 2.05) is 19.1 Å². The maximum atomic E-state index is 10.2. The van der Waals surface area contributed by atoms with Gasteiger partial charge in [-0.25, -0.2) is 0 Å². The third-order valence-corrected chi connectivity index (χ3v) is 9.12. The molecule has 3 aliphatic rings. The smallest absolute Gasteiger partial charge is 0.121 e. The lowest BCUT2D eigenvalue weighted by Crippen LogP contribution is -2.46. The lowest BCUT2D eigenvalue weighted by atomic mass is 9.63. The van der Waals surface area contributed by atoms with E-state index in [-0.39, 0.29) is 34.2 Å². The molecule has 232 valence electrons. The van der Waals surface area contributed by atoms with Crippen LogP contribution in [-0.2, 0) is 4.74 Å². The van der Waals surface area contributed by atoms with E-state index < -0.39 is 0 Å². The van der Waals surface area contributed by atoms with Crippen molar-refractivity contribution in [2.75, 3.05) is 0 Å². The highest BCUT2D eigenvalue weighted by Crippen LogP contribution is 2.66. The average Bonchev–Trinajstić information content (AvgIpc) is 3.49. The molecule has 0 aromatic carbocycles. The van der Waals surface area contributed by atoms with Crippen LogP contribution in [0, 0.1) is 22.7 Å². The molecule has 0 bridgehead atoms. The molecule has 43 heavy (non-hydrogen) atoms. The van der Waals surface area contributed by atoms with Crippen LogP contribution in [0.3, 0.4) is 0 Å². The first-order valence-corrected chi connectivity index (χ1v) is 15.7. The Balaban J connectivity index is 1.51. The Bertz CT molecular complexity index is 1390. The maximum Gasteiger partial charge on any atom is 0.121 e. The molecule has 3 heteroatoms. The highest BCUT2D eigenvalue weighted by atomic mass is 16.6. The van der Waals surface area contributed by atoms with Gasteiger partial charge < -0.3 is 14.9 Å². The highest BCUT2D eigenvalue weighted by Gasteiger charge is 2.74. The first-order chi connectivity index (χ1) is 20.0. The van der Waals surface area contributed by atoms with Gasteiger partial charge in [0, 0.05) is 22.8 Å². The monoisotopic (exact) mass is 582 g/mol. The third kappa shape index (κ3) is 8.82. The van der Waals surface area contributed by atoms with Gasteiger partial charge in [0.25, 0.3) is 0 Å². The van der Waals surface area contributed by atoms with E-state index in [0.717, 1.165) is 30.4 Å². The van der Waals surface area contributed by atoms with Crippen LogP contribution in [0.25, 0.3) is 0 Å². The van der Waals surface area contributed by atoms with Crippen LogP contribution >= 0.6 is 0 Å². The van der Waals surface area contributed by atoms with Crippen LogP contribution in [0.5, 0.6) is 0 Å². The first-order valence-electron chi connectivity index (χ1n) is 15.7. The van der Waals surface area contributed by atoms with Gasteiger partial charge in [0.2, 0.25) is 0 Å². The Morgan fingerprint density at radius 1 is 0.744 bits per heavy atom. The van der Waals surface area contributed by atoms with Crippen LogP contribution in [0.4, 0.5) is 0 Å². The number of hydrogen-bond donors (Lipinski definition) is 2. The van der Waals surface area contributed by atoms with Crippen molar-refractivity contribution < 1.29 is 14.9 Å². The molecule has 0 aromatic heterocycles. The van der Waals surface area contributed by atoms with E-state index in [9.17, 15) is 10.2 Å². The summed E-state index contributed by atoms with van der Waals surface area (Å²) in [6, 6.07) is 0. The van der Waals surface area contributed by atoms with Gasteiger partial charge in [-0.3, -0.25) is 0 Å². The fourth-order valence-corrected chi connectivity index (χ4v) is 6.88. The summed E-state index contributed by atoms with van der Waals surface area (Å²) in [5.41, 5.74) is 6.13. The zero-order valence-corrected chi connectivity index (χ0v) is 28.2. The zero-order valence-electron chi connectivity index (χ0n) is 28.2. The maximum absolute atomic E-state index is 10.2. The molecule has 1 saturated carbocycles. The van der Waals surface area contributed by atoms with E-state index >= 15 is 0 Å². The molecule has 2 fully saturated rings. The molecule has 0 aromatic rings. The van der Waals surface area contributed by atoms with Crippen LogP contribution in [0.2, 0.25) is 0 Å². The van der Waals surface area contributed by atoms with Crippen LogP contribution in [-0.4, -0.2) is 33.6 Å². The average molecular weight is 583 g/mol. The number of epoxide rings is 1. The molecule has 1 aliphatic heterocycles. The highest BCUT2D eigenvalue weighted by molar-refractivity contribution is 5.45. The van der Waals surface area contributed by atoms with Crippen molar-refractivity contribution in [2.24, 2.45) is 10.8 Å². The van der Waals surface area contributed by atoms with Gasteiger partial charge in [0.05, 0.1) is 12.2 Å². The largest absolute Gasteiger partial charge is 0.393 e. The zero-order chi connectivity index (χ0) is 32.1. The van der Waals surface area contributed by atoms with E-state index in [2.05, 4.69) is 135 Å². The second-order valence-electron chi connectivity index (χ2n) is 14.4. The molecule has 2 aliphatic carbocycles. The number of hydrogen-bond acceptors (Lipinski definition) is 3. The van der Waals surface area contributed by atoms with E-state index in [0.29, 0.717) is 6.42 Å². The standard InChI is InChI=1S/C40H54O3/c1-29(17-13-19-31(3)21-22-36-33(5)25-34(41)26-37(36,6)7)15-11-12-16-30(2)18-14-20-32(4)23-24-40-38(8,9)27-35(42)28-39(40,10)43-40/h11-20,23-24,34-35,41-42H,25-28H2,1-10H3/b12-11+,17-13+,18-14?,24-23?,29-15+,30-16?,31-19+,32-20?. The fraction of sp³-hybridized carbons (Fsp3) is 0.500. The van der Waals surface area contributed by atoms with Crippen molar-refractivity contribution in [1.82, 2.24) is 0 Å². The minimum absolute atomic E-state index is 0.0842. The number of aliphatic hydroxyl groups excluding tert-OH is 2. The third-order valence-electron chi connectivity index (χ3n) is 9.12. The summed E-state index contributed by atoms with van der Waals surface area (Å²) in [7, 11) is 0. The number of rotatable bonds is 8. The summed E-state index contributed by atoms with van der Waals surface area (Å²) in [5, 5.41) is 20.3. The van der Waals surface area contributed by atoms with E-state index in [4.69, 9.17) is 4.74 Å². The summed E-state index contributed by atoms with van der Waals surface area (Å²) < 4.78 is 6.24. The predicted octanol–water partition coefficient (Wildman–Crippen LogP) is 9.21. The lowest BCUT2D eigenvalue weighted by Gasteiger charge is -2.39. The Morgan fingerprint density at radius 2 is 1.30 bits per heavy atom. The van der Waals surface area contributed by atoms with Gasteiger partial charge in [-0.1, -0.05) is 129 Å². The predicted molar refractivity (Wildman–Crippen MR) is 182 cm³/mol. The molecule has 0 amide bonds. The van der Waals surface area contributed by atoms with Gasteiger partial charge in [0.1, 0.15) is 11.2 Å². The molecule has 0 spiro atoms. The summed E-state index contributed by atoms with van der Waals surface area (Å²) in [5.74, 6) is 6.68. The van der Waals surface area contributed by atoms with Crippen molar-refractivity contribution in [3.8, 4) is 11.8 Å². The minimum Gasteiger partial charge on any atom is -0.393 e. The van der Waals surface area contributed by atoms with Crippen molar-refractivity contribution in [3.05, 3.63) is 106 Å². The van der Waals surface area contributed by atoms with Gasteiger partial charge in [0.15, 0.2) is 0 Å². The topological polar surface area (TPSA) is 53.0 Å². The molecule has 1 saturated heterocycles. The molecule has 4 unspecified atom stereocenters. The van der Waals surface area contributed by atoms with E-state index in [1.54, 1.807) is 0 Å². The van der Waals surface area contributed by atoms with Gasteiger partial charge in [-0.2, -0.15) is 0 Å². The van der Waals surface area contributed by atoms with Crippen molar-refractivity contribution in [1.29, 1.82) is 0 Å². The summed E-state index contributed by atoms with van der Waals surface area (Å²) in [4.78, 5) is 0. The summed E-state index contributed by atoms with van der Waals surface area (Å²) in [6.07, 6.45) is 27.5. The summed E-state index contributed by atoms with van der Waals surface area (Å²) in [6.45, 7) is 21.2. The Morgan fingerprint density at radius 3 is 1.88 bits per heavy atom. The minimum atomic E-state index is -0.294. The van der Waals surface area contributed by atoms with Crippen LogP contribution in [0.1, 0.15) is 94.9 Å². The molecular formula is C40H54O3. The Hall–Kier alpha value is -2.90. The quantitative estimate of drug-likeness (QED) is 0.170. The second-order valence-corrected chi connectivity index (χ2v) is 14.4. The van der Waals surface area contributed by atoms with Crippen LogP contribution < -0.4 is 0 Å². The SMILES string of the molecule is CC(C=CC12OC1(C)CC(O)CC2(C)C)=CC=CC(C)=C/C=C/C=C(C)/C=C/C=C(\C)C#CC1=C(C)CC(O)CC1(C)C. The number of fused-ring (bicyclic) bond motifs is 1. The van der Waals surface area contributed by atoms with E-state index in [1.165, 1.54) is 22.3 Å². The fourth-order valence-electron chi connectivity index (χ4n) is 6.88. The number of aliphatic hydroxyl groups is 2.